The molecule has 0 aromatic heterocycles. The molecule has 0 bridgehead atoms. The maximum atomic E-state index is 11.0. The van der Waals surface area contributed by atoms with Crippen LogP contribution in [0.1, 0.15) is 24.5 Å². The zero-order valence-electron chi connectivity index (χ0n) is 9.00. The number of carbonyl (C=O) groups excluding carboxylic acids is 1. The van der Waals surface area contributed by atoms with Gasteiger partial charge < -0.3 is 14.9 Å². The highest BCUT2D eigenvalue weighted by Crippen LogP contribution is 2.37. The van der Waals surface area contributed by atoms with Gasteiger partial charge in [-0.3, -0.25) is 4.79 Å². The summed E-state index contributed by atoms with van der Waals surface area (Å²) in [5.74, 6) is -0.549. The van der Waals surface area contributed by atoms with Crippen LogP contribution in [0.25, 0.3) is 0 Å². The van der Waals surface area contributed by atoms with Crippen LogP contribution in [0.3, 0.4) is 0 Å². The Morgan fingerprint density at radius 1 is 1.33 bits per heavy atom. The van der Waals surface area contributed by atoms with Crippen LogP contribution in [-0.4, -0.2) is 16.2 Å². The minimum Gasteiger partial charge on any atom is -0.508 e. The molecule has 0 fully saturated rings. The predicted molar refractivity (Wildman–Crippen MR) is 55.2 cm³/mol. The van der Waals surface area contributed by atoms with Gasteiger partial charge in [-0.1, -0.05) is 6.92 Å². The Bertz CT molecular complexity index is 396. The lowest BCUT2D eigenvalue weighted by atomic mass is 10.1. The number of ether oxygens (including phenoxy) is 1. The summed E-state index contributed by atoms with van der Waals surface area (Å²) in [6, 6.07) is 1.24. The summed E-state index contributed by atoms with van der Waals surface area (Å²) in [7, 11) is 0. The first kappa shape index (κ1) is 11.4. The molecule has 0 saturated heterocycles. The fourth-order valence-corrected chi connectivity index (χ4v) is 1.13. The first-order valence-corrected chi connectivity index (χ1v) is 4.70. The van der Waals surface area contributed by atoms with Crippen molar-refractivity contribution < 1.29 is 19.7 Å². The molecule has 0 aliphatic rings. The van der Waals surface area contributed by atoms with Gasteiger partial charge in [-0.05, 0) is 19.4 Å². The molecule has 0 amide bonds. The molecule has 1 rings (SSSR count). The molecule has 0 atom stereocenters. The van der Waals surface area contributed by atoms with E-state index >= 15 is 0 Å². The minimum atomic E-state index is -0.451. The zero-order chi connectivity index (χ0) is 11.6. The van der Waals surface area contributed by atoms with Crippen molar-refractivity contribution in [1.29, 1.82) is 0 Å². The highest BCUT2D eigenvalue weighted by atomic mass is 16.5. The molecule has 4 nitrogen and oxygen atoms in total. The maximum absolute atomic E-state index is 11.0. The Hall–Kier alpha value is -1.71. The molecule has 0 aliphatic carbocycles. The molecule has 1 aromatic rings. The normalized spacial score (nSPS) is 10.1. The smallest absolute Gasteiger partial charge is 0.311 e. The number of hydrogen-bond donors (Lipinski definition) is 2. The van der Waals surface area contributed by atoms with Gasteiger partial charge in [-0.15, -0.1) is 0 Å². The fraction of sp³-hybridized carbons (Fsp3) is 0.364. The molecule has 4 heteroatoms. The minimum absolute atomic E-state index is 0.00227. The van der Waals surface area contributed by atoms with Crippen molar-refractivity contribution in [1.82, 2.24) is 0 Å². The van der Waals surface area contributed by atoms with E-state index in [0.717, 1.165) is 0 Å². The summed E-state index contributed by atoms with van der Waals surface area (Å²) in [6.07, 6.45) is 0.215. The van der Waals surface area contributed by atoms with E-state index in [2.05, 4.69) is 0 Å². The Morgan fingerprint density at radius 2 is 1.93 bits per heavy atom. The SMILES string of the molecule is CCC(=O)Oc1cc(O)c(C)c(C)c1O. The number of hydrogen-bond acceptors (Lipinski definition) is 4. The van der Waals surface area contributed by atoms with Gasteiger partial charge in [-0.25, -0.2) is 0 Å². The predicted octanol–water partition coefficient (Wildman–Crippen LogP) is 2.03. The summed E-state index contributed by atoms with van der Waals surface area (Å²) in [5.41, 5.74) is 1.08. The van der Waals surface area contributed by atoms with Gasteiger partial charge in [0.15, 0.2) is 11.5 Å². The van der Waals surface area contributed by atoms with Crippen LogP contribution < -0.4 is 4.74 Å². The van der Waals surface area contributed by atoms with E-state index in [9.17, 15) is 15.0 Å². The topological polar surface area (TPSA) is 66.8 Å². The average molecular weight is 210 g/mol. The summed E-state index contributed by atoms with van der Waals surface area (Å²) in [5, 5.41) is 19.1. The van der Waals surface area contributed by atoms with E-state index in [-0.39, 0.29) is 23.7 Å². The van der Waals surface area contributed by atoms with Crippen molar-refractivity contribution >= 4 is 5.97 Å². The molecule has 0 spiro atoms. The van der Waals surface area contributed by atoms with Crippen molar-refractivity contribution in [2.24, 2.45) is 0 Å². The Balaban J connectivity index is 3.15. The third kappa shape index (κ3) is 2.21. The lowest BCUT2D eigenvalue weighted by molar-refractivity contribution is -0.134. The van der Waals surface area contributed by atoms with Gasteiger partial charge in [0.05, 0.1) is 0 Å². The number of phenols is 2. The number of aromatic hydroxyl groups is 2. The lowest BCUT2D eigenvalue weighted by Crippen LogP contribution is -2.06. The summed E-state index contributed by atoms with van der Waals surface area (Å²) < 4.78 is 4.86. The lowest BCUT2D eigenvalue weighted by Gasteiger charge is -2.11. The van der Waals surface area contributed by atoms with Crippen molar-refractivity contribution in [3.05, 3.63) is 17.2 Å². The van der Waals surface area contributed by atoms with Gasteiger partial charge in [-0.2, -0.15) is 0 Å². The quantitative estimate of drug-likeness (QED) is 0.445. The Morgan fingerprint density at radius 3 is 2.47 bits per heavy atom. The van der Waals surface area contributed by atoms with Crippen LogP contribution in [0.5, 0.6) is 17.2 Å². The van der Waals surface area contributed by atoms with Crippen molar-refractivity contribution in [2.45, 2.75) is 27.2 Å². The second-order valence-corrected chi connectivity index (χ2v) is 3.32. The number of carbonyl (C=O) groups is 1. The first-order valence-electron chi connectivity index (χ1n) is 4.70. The average Bonchev–Trinajstić information content (AvgIpc) is 2.22. The van der Waals surface area contributed by atoms with Crippen LogP contribution in [0, 0.1) is 13.8 Å². The van der Waals surface area contributed by atoms with Crippen LogP contribution in [0.4, 0.5) is 0 Å². The van der Waals surface area contributed by atoms with E-state index in [1.807, 2.05) is 0 Å². The summed E-state index contributed by atoms with van der Waals surface area (Å²) >= 11 is 0. The van der Waals surface area contributed by atoms with Crippen LogP contribution >= 0.6 is 0 Å². The third-order valence-corrected chi connectivity index (χ3v) is 2.32. The molecule has 82 valence electrons. The third-order valence-electron chi connectivity index (χ3n) is 2.32. The summed E-state index contributed by atoms with van der Waals surface area (Å²) in [6.45, 7) is 4.98. The molecule has 15 heavy (non-hydrogen) atoms. The Kier molecular flexibility index (Phi) is 3.19. The second-order valence-electron chi connectivity index (χ2n) is 3.32. The van der Waals surface area contributed by atoms with Gasteiger partial charge in [0.25, 0.3) is 0 Å². The highest BCUT2D eigenvalue weighted by Gasteiger charge is 2.14. The van der Waals surface area contributed by atoms with Gasteiger partial charge >= 0.3 is 5.97 Å². The van der Waals surface area contributed by atoms with Crippen molar-refractivity contribution in [2.75, 3.05) is 0 Å². The van der Waals surface area contributed by atoms with Crippen molar-refractivity contribution in [3.8, 4) is 17.2 Å². The van der Waals surface area contributed by atoms with Gasteiger partial charge in [0, 0.05) is 18.1 Å². The molecule has 0 unspecified atom stereocenters. The number of esters is 1. The van der Waals surface area contributed by atoms with E-state index in [1.54, 1.807) is 20.8 Å². The molecule has 0 heterocycles. The van der Waals surface area contributed by atoms with E-state index in [1.165, 1.54) is 6.07 Å². The molecule has 0 radical (unpaired) electrons. The maximum Gasteiger partial charge on any atom is 0.311 e. The van der Waals surface area contributed by atoms with Crippen molar-refractivity contribution in [3.63, 3.8) is 0 Å². The molecular weight excluding hydrogens is 196 g/mol. The zero-order valence-corrected chi connectivity index (χ0v) is 9.00. The van der Waals surface area contributed by atoms with E-state index in [4.69, 9.17) is 4.74 Å². The first-order chi connectivity index (χ1) is 6.97. The highest BCUT2D eigenvalue weighted by molar-refractivity contribution is 5.73. The van der Waals surface area contributed by atoms with E-state index < -0.39 is 5.97 Å². The van der Waals surface area contributed by atoms with E-state index in [0.29, 0.717) is 11.1 Å². The molecule has 0 saturated carbocycles. The van der Waals surface area contributed by atoms with Gasteiger partial charge in [0.2, 0.25) is 0 Å². The number of phenolic OH excluding ortho intramolecular Hbond substituents is 2. The Labute approximate surface area is 88.1 Å². The fourth-order valence-electron chi connectivity index (χ4n) is 1.13. The van der Waals surface area contributed by atoms with Crippen LogP contribution in [0.2, 0.25) is 0 Å². The molecular formula is C11H14O4. The molecule has 1 aromatic carbocycles. The number of benzene rings is 1. The number of rotatable bonds is 2. The van der Waals surface area contributed by atoms with Gasteiger partial charge in [0.1, 0.15) is 5.75 Å². The largest absolute Gasteiger partial charge is 0.508 e. The molecule has 2 N–H and O–H groups in total. The van der Waals surface area contributed by atoms with Crippen LogP contribution in [0.15, 0.2) is 6.07 Å². The monoisotopic (exact) mass is 210 g/mol. The van der Waals surface area contributed by atoms with Crippen LogP contribution in [-0.2, 0) is 4.79 Å². The summed E-state index contributed by atoms with van der Waals surface area (Å²) in [4.78, 5) is 11.0. The molecule has 0 aliphatic heterocycles. The second kappa shape index (κ2) is 4.21. The standard InChI is InChI=1S/C11H14O4/c1-4-10(13)15-9-5-8(12)6(2)7(3)11(9)14/h5,12,14H,4H2,1-3H3.